The smallest absolute Gasteiger partial charge is 0.156 e. The molecule has 35 heavy (non-hydrogen) atoms. The number of hydrogen-bond acceptors (Lipinski definition) is 5. The summed E-state index contributed by atoms with van der Waals surface area (Å²) in [5.41, 5.74) is 5.95. The van der Waals surface area contributed by atoms with Crippen molar-refractivity contribution in [2.45, 2.75) is 39.0 Å². The van der Waals surface area contributed by atoms with Crippen LogP contribution >= 0.6 is 0 Å². The van der Waals surface area contributed by atoms with Crippen LogP contribution < -0.4 is 4.90 Å². The van der Waals surface area contributed by atoms with E-state index in [9.17, 15) is 10.1 Å². The van der Waals surface area contributed by atoms with E-state index in [0.29, 0.717) is 25.3 Å². The lowest BCUT2D eigenvalue weighted by Crippen LogP contribution is -2.51. The van der Waals surface area contributed by atoms with E-state index in [1.807, 2.05) is 48.8 Å². The van der Waals surface area contributed by atoms with E-state index >= 15 is 0 Å². The minimum Gasteiger partial charge on any atom is -0.353 e. The molecule has 0 saturated carbocycles. The average Bonchev–Trinajstić information content (AvgIpc) is 3.28. The van der Waals surface area contributed by atoms with Crippen molar-refractivity contribution < 1.29 is 4.79 Å². The van der Waals surface area contributed by atoms with Crippen LogP contribution in [0.5, 0.6) is 0 Å². The van der Waals surface area contributed by atoms with Crippen LogP contribution in [0.25, 0.3) is 16.6 Å². The number of carbonyl (C=O) groups excluding carboxylic acids is 1. The van der Waals surface area contributed by atoms with E-state index in [2.05, 4.69) is 58.3 Å². The third kappa shape index (κ3) is 4.54. The number of anilines is 1. The van der Waals surface area contributed by atoms with Crippen LogP contribution in [0.4, 0.5) is 5.82 Å². The Morgan fingerprint density at radius 2 is 1.80 bits per heavy atom. The van der Waals surface area contributed by atoms with Gasteiger partial charge < -0.3 is 4.90 Å². The Bertz CT molecular complexity index is 1400. The SMILES string of the molecule is Cc1ccc(CCC(=O)C2CN(c3ncnn4cc(-c5ccc(C(C)(C)C#N)cc5)cc34)C2)cc1. The van der Waals surface area contributed by atoms with Gasteiger partial charge in [0.2, 0.25) is 0 Å². The van der Waals surface area contributed by atoms with Crippen LogP contribution in [0.3, 0.4) is 0 Å². The van der Waals surface area contributed by atoms with Gasteiger partial charge in [-0.2, -0.15) is 10.4 Å². The highest BCUT2D eigenvalue weighted by molar-refractivity contribution is 5.86. The first-order valence-electron chi connectivity index (χ1n) is 12.0. The predicted molar refractivity (Wildman–Crippen MR) is 137 cm³/mol. The molecule has 1 fully saturated rings. The van der Waals surface area contributed by atoms with E-state index in [4.69, 9.17) is 0 Å². The molecule has 0 N–H and O–H groups in total. The number of nitriles is 1. The fraction of sp³-hybridized carbons (Fsp3) is 0.310. The molecule has 0 amide bonds. The minimum absolute atomic E-state index is 0.0564. The van der Waals surface area contributed by atoms with Gasteiger partial charge in [0.15, 0.2) is 5.82 Å². The predicted octanol–water partition coefficient (Wildman–Crippen LogP) is 5.14. The monoisotopic (exact) mass is 463 g/mol. The molecule has 6 nitrogen and oxygen atoms in total. The van der Waals surface area contributed by atoms with Crippen molar-refractivity contribution in [1.82, 2.24) is 14.6 Å². The number of ketones is 1. The molecule has 1 aliphatic heterocycles. The fourth-order valence-corrected chi connectivity index (χ4v) is 4.54. The number of carbonyl (C=O) groups is 1. The van der Waals surface area contributed by atoms with Gasteiger partial charge in [-0.05, 0) is 49.9 Å². The van der Waals surface area contributed by atoms with Gasteiger partial charge in [-0.1, -0.05) is 54.1 Å². The Labute approximate surface area is 205 Å². The van der Waals surface area contributed by atoms with E-state index in [0.717, 1.165) is 34.4 Å². The normalized spacial score (nSPS) is 14.1. The number of rotatable bonds is 7. The third-order valence-electron chi connectivity index (χ3n) is 7.02. The highest BCUT2D eigenvalue weighted by Gasteiger charge is 2.34. The molecule has 0 aliphatic carbocycles. The first-order chi connectivity index (χ1) is 16.8. The van der Waals surface area contributed by atoms with Gasteiger partial charge in [-0.3, -0.25) is 4.79 Å². The quantitative estimate of drug-likeness (QED) is 0.379. The molecule has 0 radical (unpaired) electrons. The highest BCUT2D eigenvalue weighted by atomic mass is 16.1. The van der Waals surface area contributed by atoms with Crippen molar-refractivity contribution in [1.29, 1.82) is 5.26 Å². The topological polar surface area (TPSA) is 74.3 Å². The first-order valence-corrected chi connectivity index (χ1v) is 12.0. The van der Waals surface area contributed by atoms with Crippen molar-refractivity contribution in [2.75, 3.05) is 18.0 Å². The number of Topliss-reactive ketones (excluding diaryl/α,β-unsaturated/α-hetero) is 1. The van der Waals surface area contributed by atoms with Crippen molar-refractivity contribution in [3.8, 4) is 17.2 Å². The van der Waals surface area contributed by atoms with Gasteiger partial charge in [-0.25, -0.2) is 9.50 Å². The Hall–Kier alpha value is -3.98. The van der Waals surface area contributed by atoms with Crippen molar-refractivity contribution in [3.63, 3.8) is 0 Å². The number of aromatic nitrogens is 3. The largest absolute Gasteiger partial charge is 0.353 e. The maximum absolute atomic E-state index is 12.7. The van der Waals surface area contributed by atoms with Crippen molar-refractivity contribution >= 4 is 17.1 Å². The zero-order chi connectivity index (χ0) is 24.6. The molecule has 1 aliphatic rings. The van der Waals surface area contributed by atoms with Gasteiger partial charge in [0.1, 0.15) is 17.6 Å². The molecule has 4 aromatic rings. The number of hydrogen-bond donors (Lipinski definition) is 0. The minimum atomic E-state index is -0.520. The molecule has 3 heterocycles. The van der Waals surface area contributed by atoms with Crippen molar-refractivity contribution in [3.05, 3.63) is 83.8 Å². The summed E-state index contributed by atoms with van der Waals surface area (Å²) in [5, 5.41) is 13.8. The number of nitrogens with zero attached hydrogens (tertiary/aromatic N) is 5. The number of benzene rings is 2. The Morgan fingerprint density at radius 3 is 2.49 bits per heavy atom. The summed E-state index contributed by atoms with van der Waals surface area (Å²) in [7, 11) is 0. The van der Waals surface area contributed by atoms with Crippen LogP contribution in [-0.4, -0.2) is 33.5 Å². The van der Waals surface area contributed by atoms with Gasteiger partial charge in [0.25, 0.3) is 0 Å². The van der Waals surface area contributed by atoms with Gasteiger partial charge in [0.05, 0.1) is 17.4 Å². The summed E-state index contributed by atoms with van der Waals surface area (Å²) in [6.07, 6.45) is 4.93. The summed E-state index contributed by atoms with van der Waals surface area (Å²) in [6.45, 7) is 7.30. The van der Waals surface area contributed by atoms with Crippen molar-refractivity contribution in [2.24, 2.45) is 5.92 Å². The number of aryl methyl sites for hydroxylation is 2. The molecule has 176 valence electrons. The molecular formula is C29H29N5O. The average molecular weight is 464 g/mol. The first kappa shape index (κ1) is 22.8. The second-order valence-corrected chi connectivity index (χ2v) is 10.0. The maximum atomic E-state index is 12.7. The summed E-state index contributed by atoms with van der Waals surface area (Å²) in [6, 6.07) is 21.0. The van der Waals surface area contributed by atoms with Crippen LogP contribution in [0.1, 0.15) is 37.0 Å². The lowest BCUT2D eigenvalue weighted by Gasteiger charge is -2.39. The Balaban J connectivity index is 1.27. The molecule has 0 unspecified atom stereocenters. The molecule has 5 rings (SSSR count). The van der Waals surface area contributed by atoms with Gasteiger partial charge in [0, 0.05) is 31.3 Å². The van der Waals surface area contributed by atoms with E-state index in [1.165, 1.54) is 11.1 Å². The Morgan fingerprint density at radius 1 is 1.09 bits per heavy atom. The summed E-state index contributed by atoms with van der Waals surface area (Å²) in [4.78, 5) is 19.4. The maximum Gasteiger partial charge on any atom is 0.156 e. The van der Waals surface area contributed by atoms with Crippen LogP contribution in [0, 0.1) is 24.2 Å². The fourth-order valence-electron chi connectivity index (χ4n) is 4.54. The Kier molecular flexibility index (Phi) is 5.86. The summed E-state index contributed by atoms with van der Waals surface area (Å²) in [5.74, 6) is 1.24. The molecule has 0 bridgehead atoms. The van der Waals surface area contributed by atoms with E-state index in [-0.39, 0.29) is 5.92 Å². The van der Waals surface area contributed by atoms with E-state index in [1.54, 1.807) is 6.33 Å². The molecular weight excluding hydrogens is 434 g/mol. The molecule has 1 saturated heterocycles. The van der Waals surface area contributed by atoms with E-state index < -0.39 is 5.41 Å². The van der Waals surface area contributed by atoms with Gasteiger partial charge >= 0.3 is 0 Å². The third-order valence-corrected chi connectivity index (χ3v) is 7.02. The standard InChI is InChI=1S/C29H29N5O/c1-20-4-6-21(7-5-20)8-13-27(35)24-15-33(16-24)28-26-14-23(17-34(26)32-19-31-28)22-9-11-25(12-10-22)29(2,3)18-30/h4-7,9-12,14,17,19,24H,8,13,15-16H2,1-3H3. The zero-order valence-corrected chi connectivity index (χ0v) is 20.4. The molecule has 2 aromatic carbocycles. The van der Waals surface area contributed by atoms with Gasteiger partial charge in [-0.15, -0.1) is 0 Å². The van der Waals surface area contributed by atoms with Crippen LogP contribution in [0.2, 0.25) is 0 Å². The van der Waals surface area contributed by atoms with Crippen LogP contribution in [0.15, 0.2) is 67.1 Å². The molecule has 2 aromatic heterocycles. The second-order valence-electron chi connectivity index (χ2n) is 10.0. The second kappa shape index (κ2) is 8.99. The lowest BCUT2D eigenvalue weighted by molar-refractivity contribution is -0.123. The zero-order valence-electron chi connectivity index (χ0n) is 20.4. The molecule has 6 heteroatoms. The summed E-state index contributed by atoms with van der Waals surface area (Å²) < 4.78 is 1.84. The summed E-state index contributed by atoms with van der Waals surface area (Å²) >= 11 is 0. The highest BCUT2D eigenvalue weighted by Crippen LogP contribution is 2.32. The molecule has 0 atom stereocenters. The van der Waals surface area contributed by atoms with Crippen LogP contribution in [-0.2, 0) is 16.6 Å². The number of fused-ring (bicyclic) bond motifs is 1. The lowest BCUT2D eigenvalue weighted by atomic mass is 9.86. The molecule has 0 spiro atoms.